The van der Waals surface area contributed by atoms with Crippen molar-refractivity contribution < 1.29 is 19.1 Å². The molecule has 0 spiro atoms. The van der Waals surface area contributed by atoms with Gasteiger partial charge in [-0.3, -0.25) is 5.32 Å². The molecule has 170 valence electrons. The number of hydrogen-bond acceptors (Lipinski definition) is 8. The van der Waals surface area contributed by atoms with Crippen molar-refractivity contribution in [3.8, 4) is 5.75 Å². The zero-order valence-corrected chi connectivity index (χ0v) is 18.4. The molecule has 0 radical (unpaired) electrons. The summed E-state index contributed by atoms with van der Waals surface area (Å²) in [7, 11) is 0. The van der Waals surface area contributed by atoms with Gasteiger partial charge in [0.2, 0.25) is 0 Å². The molecule has 3 rings (SSSR count). The van der Waals surface area contributed by atoms with Crippen LogP contribution < -0.4 is 26.4 Å². The summed E-state index contributed by atoms with van der Waals surface area (Å²) >= 11 is 0. The van der Waals surface area contributed by atoms with E-state index in [4.69, 9.17) is 20.2 Å². The number of benzene rings is 1. The molecule has 5 N–H and O–H groups in total. The van der Waals surface area contributed by atoms with Gasteiger partial charge in [0.15, 0.2) is 5.82 Å². The van der Waals surface area contributed by atoms with Gasteiger partial charge in [0.05, 0.1) is 24.0 Å². The van der Waals surface area contributed by atoms with Crippen molar-refractivity contribution in [2.45, 2.75) is 39.7 Å². The Bertz CT molecular complexity index is 1010. The number of pyridine rings is 1. The van der Waals surface area contributed by atoms with E-state index in [1.165, 1.54) is 0 Å². The van der Waals surface area contributed by atoms with Crippen molar-refractivity contribution in [1.29, 1.82) is 0 Å². The predicted octanol–water partition coefficient (Wildman–Crippen LogP) is 4.06. The third-order valence-electron chi connectivity index (χ3n) is 4.70. The molecular weight excluding hydrogens is 412 g/mol. The van der Waals surface area contributed by atoms with Crippen LogP contribution in [0.1, 0.15) is 39.2 Å². The number of anilines is 3. The van der Waals surface area contributed by atoms with E-state index < -0.39 is 12.2 Å². The number of carbonyl (C=O) groups is 2. The average molecular weight is 441 g/mol. The van der Waals surface area contributed by atoms with Crippen LogP contribution in [0.15, 0.2) is 35.3 Å². The van der Waals surface area contributed by atoms with Gasteiger partial charge in [-0.05, 0) is 50.1 Å². The van der Waals surface area contributed by atoms with E-state index >= 15 is 0 Å². The van der Waals surface area contributed by atoms with Crippen LogP contribution in [0.5, 0.6) is 5.75 Å². The van der Waals surface area contributed by atoms with Crippen LogP contribution in [0.2, 0.25) is 0 Å². The molecule has 1 aromatic heterocycles. The average Bonchev–Trinajstić information content (AvgIpc) is 2.74. The van der Waals surface area contributed by atoms with Crippen LogP contribution in [0.4, 0.5) is 32.6 Å². The lowest BCUT2D eigenvalue weighted by Crippen LogP contribution is -2.30. The van der Waals surface area contributed by atoms with Crippen LogP contribution in [0.3, 0.4) is 0 Å². The highest BCUT2D eigenvalue weighted by atomic mass is 16.6. The second kappa shape index (κ2) is 10.5. The Morgan fingerprint density at radius 1 is 1.19 bits per heavy atom. The number of nitrogen functional groups attached to an aromatic ring is 1. The van der Waals surface area contributed by atoms with Crippen molar-refractivity contribution in [2.24, 2.45) is 4.99 Å². The van der Waals surface area contributed by atoms with Gasteiger partial charge in [0.25, 0.3) is 0 Å². The maximum absolute atomic E-state index is 11.8. The molecule has 1 aliphatic rings. The van der Waals surface area contributed by atoms with Gasteiger partial charge in [-0.2, -0.15) is 0 Å². The number of amides is 2. The molecule has 0 saturated heterocycles. The van der Waals surface area contributed by atoms with Crippen molar-refractivity contribution >= 4 is 40.9 Å². The van der Waals surface area contributed by atoms with E-state index in [0.717, 1.165) is 24.1 Å². The van der Waals surface area contributed by atoms with Crippen LogP contribution in [-0.4, -0.2) is 42.1 Å². The molecule has 10 nitrogen and oxygen atoms in total. The molecule has 0 unspecified atom stereocenters. The van der Waals surface area contributed by atoms with E-state index in [-0.39, 0.29) is 24.3 Å². The first-order chi connectivity index (χ1) is 15.4. The monoisotopic (exact) mass is 440 g/mol. The fourth-order valence-corrected chi connectivity index (χ4v) is 3.16. The molecule has 32 heavy (non-hydrogen) atoms. The summed E-state index contributed by atoms with van der Waals surface area (Å²) in [6, 6.07) is 8.62. The van der Waals surface area contributed by atoms with Gasteiger partial charge < -0.3 is 25.8 Å². The van der Waals surface area contributed by atoms with Crippen LogP contribution in [0.25, 0.3) is 0 Å². The van der Waals surface area contributed by atoms with Crippen LogP contribution >= 0.6 is 0 Å². The standard InChI is InChI=1S/C22H28N6O4/c1-4-6-11-24-21(29)32-15-9-7-14(8-10-15)18-13(3)25-16-12-17(27-22(30)31-5-2)26-20(23)19(16)28-18/h7-10,12-13,25H,4-6,11H2,1-3H3,(H,24,29)(H3,23,26,27,30)/t13-/m1/s1. The number of nitrogens with one attached hydrogen (secondary N) is 3. The number of carbonyl (C=O) groups excluding carboxylic acids is 2. The number of aliphatic imine (C=N–C) groups is 1. The fourth-order valence-electron chi connectivity index (χ4n) is 3.16. The zero-order valence-electron chi connectivity index (χ0n) is 18.4. The second-order valence-electron chi connectivity index (χ2n) is 7.19. The van der Waals surface area contributed by atoms with E-state index in [1.807, 2.05) is 19.1 Å². The second-order valence-corrected chi connectivity index (χ2v) is 7.19. The molecular formula is C22H28N6O4. The third kappa shape index (κ3) is 5.65. The molecule has 0 aliphatic carbocycles. The molecule has 1 aliphatic heterocycles. The predicted molar refractivity (Wildman–Crippen MR) is 124 cm³/mol. The minimum Gasteiger partial charge on any atom is -0.450 e. The van der Waals surface area contributed by atoms with Gasteiger partial charge in [-0.15, -0.1) is 0 Å². The number of nitrogens with zero attached hydrogens (tertiary/aromatic N) is 2. The number of ether oxygens (including phenoxy) is 2. The van der Waals surface area contributed by atoms with Crippen molar-refractivity contribution in [3.63, 3.8) is 0 Å². The number of unbranched alkanes of at least 4 members (excludes halogenated alkanes) is 1. The Hall–Kier alpha value is -3.82. The lowest BCUT2D eigenvalue weighted by molar-refractivity contribution is 0.168. The van der Waals surface area contributed by atoms with Gasteiger partial charge >= 0.3 is 12.2 Å². The first-order valence-corrected chi connectivity index (χ1v) is 10.6. The number of nitrogens with two attached hydrogens (primary N) is 1. The van der Waals surface area contributed by atoms with Gasteiger partial charge in [-0.1, -0.05) is 13.3 Å². The Balaban J connectivity index is 1.75. The molecule has 2 heterocycles. The smallest absolute Gasteiger partial charge is 0.412 e. The van der Waals surface area contributed by atoms with Gasteiger partial charge in [-0.25, -0.2) is 19.6 Å². The number of rotatable bonds is 7. The molecule has 1 aromatic carbocycles. The van der Waals surface area contributed by atoms with Gasteiger partial charge in [0.1, 0.15) is 17.3 Å². The summed E-state index contributed by atoms with van der Waals surface area (Å²) in [5.41, 5.74) is 8.85. The SMILES string of the molecule is CCCCNC(=O)Oc1ccc(C2=Nc3c(cc(NC(=O)OCC)nc3N)N[C@@H]2C)cc1. The molecule has 10 heteroatoms. The van der Waals surface area contributed by atoms with Gasteiger partial charge in [0, 0.05) is 12.6 Å². The number of hydrogen-bond donors (Lipinski definition) is 4. The lowest BCUT2D eigenvalue weighted by atomic mass is 10.0. The first-order valence-electron chi connectivity index (χ1n) is 10.6. The molecule has 0 bridgehead atoms. The van der Waals surface area contributed by atoms with Crippen molar-refractivity contribution in [1.82, 2.24) is 10.3 Å². The maximum Gasteiger partial charge on any atom is 0.412 e. The highest BCUT2D eigenvalue weighted by Crippen LogP contribution is 2.37. The van der Waals surface area contributed by atoms with E-state index in [2.05, 4.69) is 27.9 Å². The Labute approximate surface area is 186 Å². The molecule has 0 fully saturated rings. The van der Waals surface area contributed by atoms with Crippen LogP contribution in [0, 0.1) is 0 Å². The molecule has 0 saturated carbocycles. The van der Waals surface area contributed by atoms with E-state index in [1.54, 1.807) is 25.1 Å². The number of aromatic nitrogens is 1. The summed E-state index contributed by atoms with van der Waals surface area (Å²) in [5.74, 6) is 0.891. The molecule has 2 aromatic rings. The summed E-state index contributed by atoms with van der Waals surface area (Å²) < 4.78 is 10.2. The highest BCUT2D eigenvalue weighted by Gasteiger charge is 2.23. The Morgan fingerprint density at radius 3 is 2.62 bits per heavy atom. The molecule has 1 atom stereocenters. The van der Waals surface area contributed by atoms with E-state index in [0.29, 0.717) is 23.7 Å². The van der Waals surface area contributed by atoms with E-state index in [9.17, 15) is 9.59 Å². The Morgan fingerprint density at radius 2 is 1.94 bits per heavy atom. The summed E-state index contributed by atoms with van der Waals surface area (Å²) in [4.78, 5) is 32.4. The lowest BCUT2D eigenvalue weighted by Gasteiger charge is -2.25. The van der Waals surface area contributed by atoms with Crippen molar-refractivity contribution in [3.05, 3.63) is 35.9 Å². The summed E-state index contributed by atoms with van der Waals surface area (Å²) in [6.45, 7) is 6.57. The zero-order chi connectivity index (χ0) is 23.1. The molecule has 2 amide bonds. The summed E-state index contributed by atoms with van der Waals surface area (Å²) in [5, 5.41) is 8.58. The van der Waals surface area contributed by atoms with Crippen molar-refractivity contribution in [2.75, 3.05) is 29.5 Å². The quantitative estimate of drug-likeness (QED) is 0.476. The third-order valence-corrected chi connectivity index (χ3v) is 4.70. The number of fused-ring (bicyclic) bond motifs is 1. The first kappa shape index (κ1) is 22.9. The minimum atomic E-state index is -0.603. The van der Waals surface area contributed by atoms with Crippen LogP contribution in [-0.2, 0) is 4.74 Å². The minimum absolute atomic E-state index is 0.135. The highest BCUT2D eigenvalue weighted by molar-refractivity contribution is 6.10. The topological polar surface area (TPSA) is 140 Å². The Kier molecular flexibility index (Phi) is 7.48. The largest absolute Gasteiger partial charge is 0.450 e. The normalized spacial score (nSPS) is 14.5. The summed E-state index contributed by atoms with van der Waals surface area (Å²) in [6.07, 6.45) is 0.818. The fraction of sp³-hybridized carbons (Fsp3) is 0.364. The maximum atomic E-state index is 11.8.